The monoisotopic (exact) mass is 423 g/mol. The molecule has 1 aliphatic rings. The third-order valence-electron chi connectivity index (χ3n) is 4.76. The minimum atomic E-state index is -0.237. The summed E-state index contributed by atoms with van der Waals surface area (Å²) < 4.78 is 13.0. The van der Waals surface area contributed by atoms with E-state index >= 15 is 0 Å². The van der Waals surface area contributed by atoms with Gasteiger partial charge in [-0.15, -0.1) is 24.2 Å². The molecule has 1 amide bonds. The Morgan fingerprint density at radius 1 is 1.18 bits per heavy atom. The van der Waals surface area contributed by atoms with Gasteiger partial charge in [0.2, 0.25) is 5.91 Å². The zero-order chi connectivity index (χ0) is 18.9. The molecule has 1 aromatic heterocycles. The summed E-state index contributed by atoms with van der Waals surface area (Å²) in [6.07, 6.45) is 5.33. The zero-order valence-electron chi connectivity index (χ0n) is 15.9. The van der Waals surface area contributed by atoms with Crippen LogP contribution in [-0.2, 0) is 11.3 Å². The van der Waals surface area contributed by atoms with Crippen LogP contribution in [0.3, 0.4) is 0 Å². The van der Waals surface area contributed by atoms with Crippen molar-refractivity contribution in [2.24, 2.45) is 0 Å². The number of carbonyl (C=O) groups is 1. The number of halogens is 2. The first-order chi connectivity index (χ1) is 13.2. The van der Waals surface area contributed by atoms with Crippen LogP contribution in [0.15, 0.2) is 53.6 Å². The number of aromatic nitrogens is 1. The molecule has 1 aromatic carbocycles. The summed E-state index contributed by atoms with van der Waals surface area (Å²) in [5.74, 6) is 0.620. The molecule has 0 saturated carbocycles. The number of hydrogen-bond donors (Lipinski definition) is 1. The van der Waals surface area contributed by atoms with Gasteiger partial charge in [0, 0.05) is 29.3 Å². The van der Waals surface area contributed by atoms with Gasteiger partial charge < -0.3 is 10.2 Å². The predicted molar refractivity (Wildman–Crippen MR) is 114 cm³/mol. The van der Waals surface area contributed by atoms with Crippen molar-refractivity contribution in [2.45, 2.75) is 43.2 Å². The summed E-state index contributed by atoms with van der Waals surface area (Å²) in [5.41, 5.74) is 0.925. The van der Waals surface area contributed by atoms with Crippen LogP contribution in [0, 0.1) is 5.82 Å². The highest BCUT2D eigenvalue weighted by atomic mass is 35.5. The van der Waals surface area contributed by atoms with Gasteiger partial charge in [-0.05, 0) is 68.8 Å². The second kappa shape index (κ2) is 12.0. The molecule has 0 bridgehead atoms. The van der Waals surface area contributed by atoms with Crippen LogP contribution in [0.4, 0.5) is 4.39 Å². The van der Waals surface area contributed by atoms with Gasteiger partial charge in [-0.25, -0.2) is 4.39 Å². The summed E-state index contributed by atoms with van der Waals surface area (Å²) in [7, 11) is 0. The average Bonchev–Trinajstić information content (AvgIpc) is 2.98. The normalized spacial score (nSPS) is 16.7. The van der Waals surface area contributed by atoms with Gasteiger partial charge in [0.1, 0.15) is 5.82 Å². The van der Waals surface area contributed by atoms with Crippen LogP contribution in [0.1, 0.15) is 31.4 Å². The maximum Gasteiger partial charge on any atom is 0.224 e. The molecule has 0 radical (unpaired) electrons. The van der Waals surface area contributed by atoms with E-state index in [4.69, 9.17) is 0 Å². The number of hydrogen-bond acceptors (Lipinski definition) is 4. The lowest BCUT2D eigenvalue weighted by Gasteiger charge is -2.31. The van der Waals surface area contributed by atoms with E-state index in [1.807, 2.05) is 23.1 Å². The molecule has 1 unspecified atom stereocenters. The summed E-state index contributed by atoms with van der Waals surface area (Å²) in [4.78, 5) is 20.4. The highest BCUT2D eigenvalue weighted by Gasteiger charge is 2.24. The highest BCUT2D eigenvalue weighted by Crippen LogP contribution is 2.22. The zero-order valence-corrected chi connectivity index (χ0v) is 17.5. The molecule has 0 aliphatic carbocycles. The first-order valence-electron chi connectivity index (χ1n) is 9.51. The molecular formula is C21H27ClFN3OS. The molecule has 3 rings (SSSR count). The van der Waals surface area contributed by atoms with Crippen molar-refractivity contribution in [3.63, 3.8) is 0 Å². The van der Waals surface area contributed by atoms with Gasteiger partial charge in [-0.3, -0.25) is 9.78 Å². The first-order valence-corrected chi connectivity index (χ1v) is 10.5. The maximum atomic E-state index is 13.0. The van der Waals surface area contributed by atoms with E-state index in [1.54, 1.807) is 30.1 Å². The molecule has 28 heavy (non-hydrogen) atoms. The van der Waals surface area contributed by atoms with Crippen molar-refractivity contribution in [3.8, 4) is 0 Å². The van der Waals surface area contributed by atoms with Crippen molar-refractivity contribution in [1.82, 2.24) is 15.2 Å². The van der Waals surface area contributed by atoms with E-state index < -0.39 is 0 Å². The Bertz CT molecular complexity index is 709. The maximum absolute atomic E-state index is 13.0. The van der Waals surface area contributed by atoms with Crippen molar-refractivity contribution in [1.29, 1.82) is 0 Å². The Balaban J connectivity index is 0.00000280. The fraction of sp³-hybridized carbons (Fsp3) is 0.429. The predicted octanol–water partition coefficient (Wildman–Crippen LogP) is 4.30. The van der Waals surface area contributed by atoms with Gasteiger partial charge in [0.05, 0.1) is 12.2 Å². The standard InChI is InChI=1S/C21H26FN3OS.ClH/c22-17-6-8-20(9-7-17)27-15-11-21(26)25(16-18-4-1-2-13-24-18)19-5-3-12-23-14-10-19;/h1-2,4,6-9,13,19,23H,3,5,10-12,14-16H2;1H. The number of pyridine rings is 1. The molecule has 1 atom stereocenters. The van der Waals surface area contributed by atoms with E-state index in [-0.39, 0.29) is 30.2 Å². The Labute approximate surface area is 176 Å². The number of benzene rings is 1. The first kappa shape index (κ1) is 22.7. The third-order valence-corrected chi connectivity index (χ3v) is 5.78. The fourth-order valence-corrected chi connectivity index (χ4v) is 4.17. The fourth-order valence-electron chi connectivity index (χ4n) is 3.33. The molecule has 4 nitrogen and oxygen atoms in total. The number of amides is 1. The second-order valence-corrected chi connectivity index (χ2v) is 7.90. The van der Waals surface area contributed by atoms with Crippen LogP contribution >= 0.6 is 24.2 Å². The summed E-state index contributed by atoms with van der Waals surface area (Å²) in [6.45, 7) is 2.52. The van der Waals surface area contributed by atoms with Crippen molar-refractivity contribution in [2.75, 3.05) is 18.8 Å². The summed E-state index contributed by atoms with van der Waals surface area (Å²) in [6, 6.07) is 12.5. The van der Waals surface area contributed by atoms with Gasteiger partial charge in [0.25, 0.3) is 0 Å². The SMILES string of the molecule is Cl.O=C(CCSc1ccc(F)cc1)N(Cc1ccccn1)C1CCCNCC1. The van der Waals surface area contributed by atoms with Crippen molar-refractivity contribution in [3.05, 3.63) is 60.2 Å². The van der Waals surface area contributed by atoms with E-state index in [9.17, 15) is 9.18 Å². The van der Waals surface area contributed by atoms with Gasteiger partial charge in [-0.2, -0.15) is 0 Å². The van der Waals surface area contributed by atoms with E-state index in [1.165, 1.54) is 12.1 Å². The number of rotatable bonds is 7. The van der Waals surface area contributed by atoms with Crippen LogP contribution in [0.5, 0.6) is 0 Å². The minimum absolute atomic E-state index is 0. The lowest BCUT2D eigenvalue weighted by Crippen LogP contribution is -2.40. The van der Waals surface area contributed by atoms with Crippen molar-refractivity contribution >= 4 is 30.1 Å². The Kier molecular flexibility index (Phi) is 9.75. The van der Waals surface area contributed by atoms with Crippen LogP contribution < -0.4 is 5.32 Å². The topological polar surface area (TPSA) is 45.2 Å². The molecule has 152 valence electrons. The molecule has 2 aromatic rings. The van der Waals surface area contributed by atoms with Gasteiger partial charge in [-0.1, -0.05) is 6.07 Å². The van der Waals surface area contributed by atoms with Gasteiger partial charge in [0.15, 0.2) is 0 Å². The lowest BCUT2D eigenvalue weighted by molar-refractivity contribution is -0.134. The molecule has 2 heterocycles. The molecule has 1 fully saturated rings. The van der Waals surface area contributed by atoms with Gasteiger partial charge >= 0.3 is 0 Å². The van der Waals surface area contributed by atoms with E-state index in [0.717, 1.165) is 42.9 Å². The molecule has 7 heteroatoms. The van der Waals surface area contributed by atoms with Crippen LogP contribution in [0.25, 0.3) is 0 Å². The minimum Gasteiger partial charge on any atom is -0.334 e. The Hall–Kier alpha value is -1.63. The van der Waals surface area contributed by atoms with Crippen molar-refractivity contribution < 1.29 is 9.18 Å². The number of nitrogens with zero attached hydrogens (tertiary/aromatic N) is 2. The smallest absolute Gasteiger partial charge is 0.224 e. The number of nitrogens with one attached hydrogen (secondary N) is 1. The third kappa shape index (κ3) is 7.08. The molecular weight excluding hydrogens is 397 g/mol. The largest absolute Gasteiger partial charge is 0.334 e. The molecule has 0 spiro atoms. The highest BCUT2D eigenvalue weighted by molar-refractivity contribution is 7.99. The summed E-state index contributed by atoms with van der Waals surface area (Å²) in [5, 5.41) is 3.42. The average molecular weight is 424 g/mol. The Morgan fingerprint density at radius 2 is 2.00 bits per heavy atom. The quantitative estimate of drug-likeness (QED) is 0.674. The molecule has 1 saturated heterocycles. The second-order valence-electron chi connectivity index (χ2n) is 6.73. The Morgan fingerprint density at radius 3 is 2.75 bits per heavy atom. The number of carbonyl (C=O) groups excluding carboxylic acids is 1. The van der Waals surface area contributed by atoms with E-state index in [0.29, 0.717) is 18.7 Å². The molecule has 1 N–H and O–H groups in total. The molecule has 1 aliphatic heterocycles. The lowest BCUT2D eigenvalue weighted by atomic mass is 10.1. The summed E-state index contributed by atoms with van der Waals surface area (Å²) >= 11 is 1.59. The van der Waals surface area contributed by atoms with E-state index in [2.05, 4.69) is 10.3 Å². The van der Waals surface area contributed by atoms with Crippen LogP contribution in [0.2, 0.25) is 0 Å². The number of thioether (sulfide) groups is 1. The van der Waals surface area contributed by atoms with Crippen LogP contribution in [-0.4, -0.2) is 40.7 Å².